The number of piperidine rings is 1. The number of carbonyl (C=O) groups excluding carboxylic acids is 2. The smallest absolute Gasteiger partial charge is 0.309 e. The Bertz CT molecular complexity index is 845. The van der Waals surface area contributed by atoms with Gasteiger partial charge in [0.15, 0.2) is 0 Å². The number of amides is 1. The molecule has 1 fully saturated rings. The summed E-state index contributed by atoms with van der Waals surface area (Å²) in [5, 5.41) is 0. The summed E-state index contributed by atoms with van der Waals surface area (Å²) in [6, 6.07) is 4.77. The van der Waals surface area contributed by atoms with Crippen LogP contribution in [0.1, 0.15) is 44.2 Å². The highest BCUT2D eigenvalue weighted by atomic mass is 32.2. The van der Waals surface area contributed by atoms with Gasteiger partial charge in [0.1, 0.15) is 6.04 Å². The van der Waals surface area contributed by atoms with Crippen LogP contribution in [-0.2, 0) is 24.3 Å². The number of esters is 1. The Balaban J connectivity index is 2.26. The lowest BCUT2D eigenvalue weighted by molar-refractivity contribution is -0.151. The SMILES string of the molecule is CCOC(=O)C1CCN(C(=O)[C@@H](CC)N(c2cc(C)ccc2C)S(C)(=O)=O)CC1. The van der Waals surface area contributed by atoms with Gasteiger partial charge < -0.3 is 9.64 Å². The first kappa shape index (κ1) is 23.2. The second kappa shape index (κ2) is 9.61. The van der Waals surface area contributed by atoms with Gasteiger partial charge in [0.25, 0.3) is 0 Å². The van der Waals surface area contributed by atoms with Gasteiger partial charge in [0.05, 0.1) is 24.5 Å². The second-order valence-corrected chi connectivity index (χ2v) is 9.48. The van der Waals surface area contributed by atoms with Gasteiger partial charge in [0, 0.05) is 13.1 Å². The second-order valence-electron chi connectivity index (χ2n) is 7.62. The maximum atomic E-state index is 13.3. The maximum Gasteiger partial charge on any atom is 0.309 e. The molecule has 1 saturated heterocycles. The van der Waals surface area contributed by atoms with E-state index < -0.39 is 16.1 Å². The molecule has 0 bridgehead atoms. The number of hydrogen-bond acceptors (Lipinski definition) is 5. The van der Waals surface area contributed by atoms with Crippen LogP contribution >= 0.6 is 0 Å². The van der Waals surface area contributed by atoms with E-state index in [-0.39, 0.29) is 17.8 Å². The van der Waals surface area contributed by atoms with E-state index in [1.54, 1.807) is 17.9 Å². The van der Waals surface area contributed by atoms with Crippen molar-refractivity contribution in [3.05, 3.63) is 29.3 Å². The largest absolute Gasteiger partial charge is 0.466 e. The highest BCUT2D eigenvalue weighted by Crippen LogP contribution is 2.29. The molecule has 0 aromatic heterocycles. The molecule has 162 valence electrons. The van der Waals surface area contributed by atoms with Crippen molar-refractivity contribution < 1.29 is 22.7 Å². The number of likely N-dealkylation sites (tertiary alicyclic amines) is 1. The van der Waals surface area contributed by atoms with Crippen molar-refractivity contribution >= 4 is 27.6 Å². The first-order valence-electron chi connectivity index (χ1n) is 10.1. The molecule has 0 saturated carbocycles. The van der Waals surface area contributed by atoms with Crippen LogP contribution < -0.4 is 4.31 Å². The average Bonchev–Trinajstić information content (AvgIpc) is 2.67. The summed E-state index contributed by atoms with van der Waals surface area (Å²) in [6.45, 7) is 8.51. The maximum absolute atomic E-state index is 13.3. The van der Waals surface area contributed by atoms with Gasteiger partial charge in [0.2, 0.25) is 15.9 Å². The van der Waals surface area contributed by atoms with Gasteiger partial charge in [-0.3, -0.25) is 13.9 Å². The summed E-state index contributed by atoms with van der Waals surface area (Å²) in [7, 11) is -3.67. The van der Waals surface area contributed by atoms with E-state index in [9.17, 15) is 18.0 Å². The van der Waals surface area contributed by atoms with Crippen LogP contribution in [0.25, 0.3) is 0 Å². The van der Waals surface area contributed by atoms with E-state index >= 15 is 0 Å². The number of benzene rings is 1. The van der Waals surface area contributed by atoms with Crippen LogP contribution in [0.15, 0.2) is 18.2 Å². The molecular weight excluding hydrogens is 392 g/mol. The molecule has 0 radical (unpaired) electrons. The van der Waals surface area contributed by atoms with Crippen molar-refractivity contribution in [1.82, 2.24) is 4.90 Å². The van der Waals surface area contributed by atoms with E-state index in [2.05, 4.69) is 0 Å². The summed E-state index contributed by atoms with van der Waals surface area (Å²) in [6.07, 6.45) is 2.56. The summed E-state index contributed by atoms with van der Waals surface area (Å²) in [5.41, 5.74) is 2.26. The summed E-state index contributed by atoms with van der Waals surface area (Å²) >= 11 is 0. The van der Waals surface area contributed by atoms with Crippen molar-refractivity contribution in [3.63, 3.8) is 0 Å². The van der Waals surface area contributed by atoms with Crippen LogP contribution in [-0.4, -0.2) is 57.2 Å². The number of nitrogens with zero attached hydrogens (tertiary/aromatic N) is 2. The first-order chi connectivity index (χ1) is 13.6. The minimum absolute atomic E-state index is 0.205. The summed E-state index contributed by atoms with van der Waals surface area (Å²) < 4.78 is 31.7. The minimum atomic E-state index is -3.67. The molecule has 1 aliphatic heterocycles. The van der Waals surface area contributed by atoms with Gasteiger partial charge in [-0.2, -0.15) is 0 Å². The monoisotopic (exact) mass is 424 g/mol. The highest BCUT2D eigenvalue weighted by Gasteiger charge is 2.37. The Kier molecular flexibility index (Phi) is 7.68. The predicted octanol–water partition coefficient (Wildman–Crippen LogP) is 2.65. The first-order valence-corrected chi connectivity index (χ1v) is 12.0. The molecule has 0 unspecified atom stereocenters. The molecule has 1 aromatic rings. The molecule has 2 rings (SSSR count). The number of rotatable bonds is 7. The topological polar surface area (TPSA) is 84.0 Å². The van der Waals surface area contributed by atoms with E-state index in [1.807, 2.05) is 32.9 Å². The third kappa shape index (κ3) is 5.50. The fourth-order valence-corrected chi connectivity index (χ4v) is 5.04. The Morgan fingerprint density at radius 1 is 1.21 bits per heavy atom. The molecular formula is C21H32N2O5S. The zero-order valence-electron chi connectivity index (χ0n) is 18.0. The number of carbonyl (C=O) groups is 2. The molecule has 0 N–H and O–H groups in total. The fraction of sp³-hybridized carbons (Fsp3) is 0.619. The van der Waals surface area contributed by atoms with E-state index in [0.717, 1.165) is 17.4 Å². The van der Waals surface area contributed by atoms with Crippen LogP contribution in [0.2, 0.25) is 0 Å². The van der Waals surface area contributed by atoms with E-state index in [4.69, 9.17) is 4.74 Å². The third-order valence-corrected chi connectivity index (χ3v) is 6.51. The van der Waals surface area contributed by atoms with Crippen LogP contribution in [0.4, 0.5) is 5.69 Å². The standard InChI is InChI=1S/C21H32N2O5S/c1-6-18(20(24)22-12-10-17(11-13-22)21(25)28-7-2)23(29(5,26)27)19-14-15(3)8-9-16(19)4/h8-9,14,17-18H,6-7,10-13H2,1-5H3/t18-/m1/s1. The number of hydrogen-bond donors (Lipinski definition) is 0. The van der Waals surface area contributed by atoms with Crippen molar-refractivity contribution in [3.8, 4) is 0 Å². The molecule has 1 amide bonds. The lowest BCUT2D eigenvalue weighted by Crippen LogP contribution is -2.53. The lowest BCUT2D eigenvalue weighted by Gasteiger charge is -2.37. The lowest BCUT2D eigenvalue weighted by atomic mass is 9.96. The Labute approximate surface area is 174 Å². The Hall–Kier alpha value is -2.09. The molecule has 1 heterocycles. The number of sulfonamides is 1. The van der Waals surface area contributed by atoms with E-state index in [0.29, 0.717) is 44.6 Å². The Morgan fingerprint density at radius 3 is 2.34 bits per heavy atom. The number of aryl methyl sites for hydroxylation is 2. The quantitative estimate of drug-likeness (QED) is 0.629. The minimum Gasteiger partial charge on any atom is -0.466 e. The molecule has 1 atom stereocenters. The molecule has 1 aromatic carbocycles. The zero-order chi connectivity index (χ0) is 21.8. The number of anilines is 1. The molecule has 0 spiro atoms. The van der Waals surface area contributed by atoms with Gasteiger partial charge in [-0.15, -0.1) is 0 Å². The van der Waals surface area contributed by atoms with Crippen LogP contribution in [0.3, 0.4) is 0 Å². The molecule has 1 aliphatic rings. The van der Waals surface area contributed by atoms with Gasteiger partial charge in [-0.1, -0.05) is 19.1 Å². The number of ether oxygens (including phenoxy) is 1. The average molecular weight is 425 g/mol. The van der Waals surface area contributed by atoms with Crippen molar-refractivity contribution in [2.45, 2.75) is 53.0 Å². The van der Waals surface area contributed by atoms with E-state index in [1.165, 1.54) is 4.31 Å². The molecule has 7 nitrogen and oxygen atoms in total. The highest BCUT2D eigenvalue weighted by molar-refractivity contribution is 7.92. The Morgan fingerprint density at radius 2 is 1.83 bits per heavy atom. The molecule has 8 heteroatoms. The third-order valence-electron chi connectivity index (χ3n) is 5.34. The fourth-order valence-electron chi connectivity index (χ4n) is 3.78. The molecule has 29 heavy (non-hydrogen) atoms. The van der Waals surface area contributed by atoms with Gasteiger partial charge in [-0.05, 0) is 57.2 Å². The predicted molar refractivity (Wildman–Crippen MR) is 113 cm³/mol. The van der Waals surface area contributed by atoms with Crippen molar-refractivity contribution in [2.24, 2.45) is 5.92 Å². The molecule has 0 aliphatic carbocycles. The zero-order valence-corrected chi connectivity index (χ0v) is 18.8. The van der Waals surface area contributed by atoms with Gasteiger partial charge >= 0.3 is 5.97 Å². The van der Waals surface area contributed by atoms with Crippen LogP contribution in [0, 0.1) is 19.8 Å². The van der Waals surface area contributed by atoms with Gasteiger partial charge in [-0.25, -0.2) is 8.42 Å². The normalized spacial score (nSPS) is 16.4. The van der Waals surface area contributed by atoms with Crippen LogP contribution in [0.5, 0.6) is 0 Å². The summed E-state index contributed by atoms with van der Waals surface area (Å²) in [4.78, 5) is 26.9. The summed E-state index contributed by atoms with van der Waals surface area (Å²) in [5.74, 6) is -0.648. The van der Waals surface area contributed by atoms with Crippen molar-refractivity contribution in [1.29, 1.82) is 0 Å². The van der Waals surface area contributed by atoms with Crippen molar-refractivity contribution in [2.75, 3.05) is 30.3 Å².